The van der Waals surface area contributed by atoms with Crippen LogP contribution in [0.2, 0.25) is 5.02 Å². The van der Waals surface area contributed by atoms with E-state index in [0.717, 1.165) is 12.0 Å². The number of nitrogens with zero attached hydrogens (tertiary/aromatic N) is 1. The number of nitrogens with one attached hydrogen (secondary N) is 1. The van der Waals surface area contributed by atoms with Crippen LogP contribution in [0.15, 0.2) is 41.3 Å². The predicted octanol–water partition coefficient (Wildman–Crippen LogP) is 3.93. The summed E-state index contributed by atoms with van der Waals surface area (Å²) in [6, 6.07) is 9.58. The fourth-order valence-corrected chi connectivity index (χ4v) is 5.87. The minimum absolute atomic E-state index is 0.0554. The maximum atomic E-state index is 13.4. The SMILES string of the molecule is COc1cc([C@@H]2CN(S(=O)(=O)c3ccc(Cl)cc3)C[C@H]2C(=O)NCCC(C)C)cc(OC)c1OC. The Morgan fingerprint density at radius 1 is 1.06 bits per heavy atom. The molecule has 3 rings (SSSR count). The van der Waals surface area contributed by atoms with E-state index in [1.807, 2.05) is 0 Å². The van der Waals surface area contributed by atoms with Crippen LogP contribution < -0.4 is 19.5 Å². The molecule has 0 aromatic heterocycles. The average Bonchev–Trinajstić information content (AvgIpc) is 3.29. The van der Waals surface area contributed by atoms with E-state index < -0.39 is 21.9 Å². The summed E-state index contributed by atoms with van der Waals surface area (Å²) in [7, 11) is 0.715. The molecule has 2 aromatic carbocycles. The van der Waals surface area contributed by atoms with Crippen molar-refractivity contribution in [2.24, 2.45) is 11.8 Å². The van der Waals surface area contributed by atoms with Crippen molar-refractivity contribution in [2.45, 2.75) is 31.1 Å². The van der Waals surface area contributed by atoms with Gasteiger partial charge in [0.2, 0.25) is 21.7 Å². The second-order valence-corrected chi connectivity index (χ2v) is 11.3. The second kappa shape index (κ2) is 11.5. The third-order valence-electron chi connectivity index (χ3n) is 6.21. The van der Waals surface area contributed by atoms with Crippen molar-refractivity contribution in [1.82, 2.24) is 9.62 Å². The Bertz CT molecular complexity index is 1110. The molecule has 1 fully saturated rings. The molecular weight excluding hydrogens is 492 g/mol. The first-order valence-electron chi connectivity index (χ1n) is 11.5. The van der Waals surface area contributed by atoms with E-state index in [-0.39, 0.29) is 23.9 Å². The Balaban J connectivity index is 1.99. The molecule has 1 aliphatic rings. The fourth-order valence-electron chi connectivity index (χ4n) is 4.25. The van der Waals surface area contributed by atoms with Gasteiger partial charge in [0.15, 0.2) is 11.5 Å². The molecule has 0 unspecified atom stereocenters. The van der Waals surface area contributed by atoms with Crippen LogP contribution in [0.5, 0.6) is 17.2 Å². The van der Waals surface area contributed by atoms with Gasteiger partial charge in [-0.15, -0.1) is 0 Å². The number of carbonyl (C=O) groups excluding carboxylic acids is 1. The van der Waals surface area contributed by atoms with Crippen molar-refractivity contribution in [1.29, 1.82) is 0 Å². The first kappa shape index (κ1) is 27.1. The molecule has 0 spiro atoms. The van der Waals surface area contributed by atoms with Crippen LogP contribution in [0, 0.1) is 11.8 Å². The van der Waals surface area contributed by atoms with Gasteiger partial charge in [0.05, 0.1) is 32.1 Å². The zero-order valence-corrected chi connectivity index (χ0v) is 22.3. The van der Waals surface area contributed by atoms with E-state index >= 15 is 0 Å². The van der Waals surface area contributed by atoms with Gasteiger partial charge in [-0.25, -0.2) is 8.42 Å². The van der Waals surface area contributed by atoms with Gasteiger partial charge in [0, 0.05) is 30.6 Å². The summed E-state index contributed by atoms with van der Waals surface area (Å²) in [4.78, 5) is 13.4. The van der Waals surface area contributed by atoms with Crippen LogP contribution in [0.1, 0.15) is 31.7 Å². The Morgan fingerprint density at radius 3 is 2.17 bits per heavy atom. The first-order valence-corrected chi connectivity index (χ1v) is 13.3. The van der Waals surface area contributed by atoms with Crippen molar-refractivity contribution in [2.75, 3.05) is 41.0 Å². The van der Waals surface area contributed by atoms with Crippen molar-refractivity contribution in [3.63, 3.8) is 0 Å². The Labute approximate surface area is 212 Å². The quantitative estimate of drug-likeness (QED) is 0.506. The molecule has 2 atom stereocenters. The third kappa shape index (κ3) is 6.02. The van der Waals surface area contributed by atoms with E-state index in [1.165, 1.54) is 49.9 Å². The van der Waals surface area contributed by atoms with Crippen LogP contribution >= 0.6 is 11.6 Å². The molecule has 8 nitrogen and oxygen atoms in total. The number of hydrogen-bond acceptors (Lipinski definition) is 6. The van der Waals surface area contributed by atoms with Crippen LogP contribution in [-0.2, 0) is 14.8 Å². The highest BCUT2D eigenvalue weighted by Gasteiger charge is 2.44. The molecule has 1 amide bonds. The summed E-state index contributed by atoms with van der Waals surface area (Å²) in [6.45, 7) is 4.88. The molecule has 1 heterocycles. The normalized spacial score (nSPS) is 18.5. The fraction of sp³-hybridized carbons (Fsp3) is 0.480. The van der Waals surface area contributed by atoms with E-state index in [0.29, 0.717) is 34.7 Å². The minimum Gasteiger partial charge on any atom is -0.493 e. The van der Waals surface area contributed by atoms with Crippen LogP contribution in [0.25, 0.3) is 0 Å². The maximum absolute atomic E-state index is 13.4. The molecule has 35 heavy (non-hydrogen) atoms. The molecule has 1 N–H and O–H groups in total. The molecule has 2 aromatic rings. The summed E-state index contributed by atoms with van der Waals surface area (Å²) in [6.07, 6.45) is 0.833. The molecule has 0 saturated carbocycles. The Hall–Kier alpha value is -2.49. The molecule has 1 saturated heterocycles. The molecule has 0 aliphatic carbocycles. The number of sulfonamides is 1. The average molecular weight is 525 g/mol. The number of carbonyl (C=O) groups is 1. The van der Waals surface area contributed by atoms with Crippen molar-refractivity contribution in [3.05, 3.63) is 47.0 Å². The maximum Gasteiger partial charge on any atom is 0.243 e. The van der Waals surface area contributed by atoms with E-state index in [1.54, 1.807) is 12.1 Å². The lowest BCUT2D eigenvalue weighted by atomic mass is 9.87. The van der Waals surface area contributed by atoms with Gasteiger partial charge in [0.25, 0.3) is 0 Å². The van der Waals surface area contributed by atoms with Gasteiger partial charge in [-0.3, -0.25) is 4.79 Å². The first-order chi connectivity index (χ1) is 16.6. The summed E-state index contributed by atoms with van der Waals surface area (Å²) < 4.78 is 44.6. The predicted molar refractivity (Wildman–Crippen MR) is 135 cm³/mol. The molecule has 192 valence electrons. The topological polar surface area (TPSA) is 94.2 Å². The van der Waals surface area contributed by atoms with Crippen molar-refractivity contribution < 1.29 is 27.4 Å². The second-order valence-electron chi connectivity index (χ2n) is 8.92. The van der Waals surface area contributed by atoms with E-state index in [4.69, 9.17) is 25.8 Å². The van der Waals surface area contributed by atoms with E-state index in [2.05, 4.69) is 19.2 Å². The number of ether oxygens (including phenoxy) is 3. The lowest BCUT2D eigenvalue weighted by Gasteiger charge is -2.21. The number of benzene rings is 2. The zero-order chi connectivity index (χ0) is 25.8. The highest BCUT2D eigenvalue weighted by Crippen LogP contribution is 2.44. The minimum atomic E-state index is -3.83. The third-order valence-corrected chi connectivity index (χ3v) is 8.31. The number of halogens is 1. The standard InChI is InChI=1S/C25H33ClN2O6S/c1-16(2)10-11-27-25(29)21-15-28(35(30,31)19-8-6-18(26)7-9-19)14-20(21)17-12-22(32-3)24(34-5)23(13-17)33-4/h6-9,12-13,16,20-21H,10-11,14-15H2,1-5H3,(H,27,29)/t20-,21+/m0/s1. The number of rotatable bonds is 10. The largest absolute Gasteiger partial charge is 0.493 e. The summed E-state index contributed by atoms with van der Waals surface area (Å²) in [5.41, 5.74) is 0.734. The van der Waals surface area contributed by atoms with Gasteiger partial charge < -0.3 is 19.5 Å². The molecule has 1 aliphatic heterocycles. The number of amides is 1. The van der Waals surface area contributed by atoms with Gasteiger partial charge in [-0.1, -0.05) is 25.4 Å². The molecule has 10 heteroatoms. The van der Waals surface area contributed by atoms with Gasteiger partial charge in [-0.2, -0.15) is 4.31 Å². The van der Waals surface area contributed by atoms with Crippen LogP contribution in [-0.4, -0.2) is 59.6 Å². The van der Waals surface area contributed by atoms with Crippen molar-refractivity contribution >= 4 is 27.5 Å². The van der Waals surface area contributed by atoms with Crippen LogP contribution in [0.4, 0.5) is 0 Å². The van der Waals surface area contributed by atoms with Crippen molar-refractivity contribution in [3.8, 4) is 17.2 Å². The zero-order valence-electron chi connectivity index (χ0n) is 20.7. The smallest absolute Gasteiger partial charge is 0.243 e. The van der Waals surface area contributed by atoms with Gasteiger partial charge >= 0.3 is 0 Å². The van der Waals surface area contributed by atoms with Crippen LogP contribution in [0.3, 0.4) is 0 Å². The number of hydrogen-bond donors (Lipinski definition) is 1. The van der Waals surface area contributed by atoms with E-state index in [9.17, 15) is 13.2 Å². The highest BCUT2D eigenvalue weighted by molar-refractivity contribution is 7.89. The summed E-state index contributed by atoms with van der Waals surface area (Å²) in [5.74, 6) is 0.571. The highest BCUT2D eigenvalue weighted by atomic mass is 35.5. The lowest BCUT2D eigenvalue weighted by molar-refractivity contribution is -0.124. The molecule has 0 radical (unpaired) electrons. The Morgan fingerprint density at radius 2 is 1.66 bits per heavy atom. The summed E-state index contributed by atoms with van der Waals surface area (Å²) in [5, 5.41) is 3.44. The molecular formula is C25H33ClN2O6S. The lowest BCUT2D eigenvalue weighted by Crippen LogP contribution is -2.36. The molecule has 0 bridgehead atoms. The summed E-state index contributed by atoms with van der Waals surface area (Å²) >= 11 is 5.95. The monoisotopic (exact) mass is 524 g/mol. The number of methoxy groups -OCH3 is 3. The Kier molecular flexibility index (Phi) is 8.90. The van der Waals surface area contributed by atoms with Gasteiger partial charge in [0.1, 0.15) is 0 Å². The van der Waals surface area contributed by atoms with Gasteiger partial charge in [-0.05, 0) is 54.3 Å².